The molecule has 1 aromatic heterocycles. The zero-order valence-corrected chi connectivity index (χ0v) is 15.1. The van der Waals surface area contributed by atoms with E-state index in [-0.39, 0.29) is 11.1 Å². The molecular formula is C17H19Cl2N3O2. The molecule has 0 atom stereocenters. The summed E-state index contributed by atoms with van der Waals surface area (Å²) in [4.78, 5) is 26.7. The molecule has 1 heterocycles. The van der Waals surface area contributed by atoms with E-state index in [9.17, 15) is 9.59 Å². The SMILES string of the molecule is CN(C)CCNC(=O)c1cc(Cl)cn(Cc2ccc(Cl)cc2)c1=O. The number of likely N-dealkylation sites (N-methyl/N-ethyl adjacent to an activating group) is 1. The fraction of sp³-hybridized carbons (Fsp3) is 0.294. The molecule has 0 aliphatic rings. The highest BCUT2D eigenvalue weighted by atomic mass is 35.5. The number of nitrogens with zero attached hydrogens (tertiary/aromatic N) is 2. The van der Waals surface area contributed by atoms with Crippen LogP contribution in [0, 0.1) is 0 Å². The molecule has 0 aliphatic heterocycles. The van der Waals surface area contributed by atoms with Crippen molar-refractivity contribution in [2.45, 2.75) is 6.54 Å². The predicted molar refractivity (Wildman–Crippen MR) is 97.2 cm³/mol. The second kappa shape index (κ2) is 8.33. The molecule has 128 valence electrons. The molecular weight excluding hydrogens is 349 g/mol. The number of benzene rings is 1. The average molecular weight is 368 g/mol. The highest BCUT2D eigenvalue weighted by Gasteiger charge is 2.14. The Morgan fingerprint density at radius 3 is 2.46 bits per heavy atom. The van der Waals surface area contributed by atoms with Gasteiger partial charge in [0.15, 0.2) is 0 Å². The molecule has 0 bridgehead atoms. The normalized spacial score (nSPS) is 10.9. The van der Waals surface area contributed by atoms with Crippen LogP contribution >= 0.6 is 23.2 Å². The quantitative estimate of drug-likeness (QED) is 0.853. The first-order valence-electron chi connectivity index (χ1n) is 7.44. The van der Waals surface area contributed by atoms with E-state index in [1.165, 1.54) is 16.8 Å². The Balaban J connectivity index is 2.21. The van der Waals surface area contributed by atoms with Gasteiger partial charge in [-0.2, -0.15) is 0 Å². The summed E-state index contributed by atoms with van der Waals surface area (Å²) in [6.07, 6.45) is 1.52. The number of rotatable bonds is 6. The van der Waals surface area contributed by atoms with Crippen LogP contribution in [0.3, 0.4) is 0 Å². The molecule has 0 aliphatic carbocycles. The lowest BCUT2D eigenvalue weighted by atomic mass is 10.2. The third-order valence-electron chi connectivity index (χ3n) is 3.41. The largest absolute Gasteiger partial charge is 0.351 e. The maximum absolute atomic E-state index is 12.5. The number of hydrogen-bond acceptors (Lipinski definition) is 3. The van der Waals surface area contributed by atoms with E-state index >= 15 is 0 Å². The van der Waals surface area contributed by atoms with Crippen molar-refractivity contribution in [2.75, 3.05) is 27.2 Å². The lowest BCUT2D eigenvalue weighted by molar-refractivity contribution is 0.0949. The molecule has 2 aromatic rings. The van der Waals surface area contributed by atoms with Crippen molar-refractivity contribution in [1.82, 2.24) is 14.8 Å². The molecule has 2 rings (SSSR count). The smallest absolute Gasteiger partial charge is 0.263 e. The van der Waals surface area contributed by atoms with Gasteiger partial charge in [-0.3, -0.25) is 9.59 Å². The molecule has 1 aromatic carbocycles. The van der Waals surface area contributed by atoms with Crippen molar-refractivity contribution in [3.8, 4) is 0 Å². The summed E-state index contributed by atoms with van der Waals surface area (Å²) in [5.41, 5.74) is 0.551. The maximum atomic E-state index is 12.5. The van der Waals surface area contributed by atoms with Crippen molar-refractivity contribution in [2.24, 2.45) is 0 Å². The second-order valence-corrected chi connectivity index (χ2v) is 6.56. The van der Waals surface area contributed by atoms with E-state index in [1.807, 2.05) is 31.1 Å². The van der Waals surface area contributed by atoms with Crippen LogP contribution in [0.1, 0.15) is 15.9 Å². The first kappa shape index (κ1) is 18.5. The Kier molecular flexibility index (Phi) is 6.43. The minimum Gasteiger partial charge on any atom is -0.351 e. The third kappa shape index (κ3) is 5.09. The zero-order chi connectivity index (χ0) is 17.7. The molecule has 24 heavy (non-hydrogen) atoms. The summed E-state index contributed by atoms with van der Waals surface area (Å²) < 4.78 is 1.42. The molecule has 0 radical (unpaired) electrons. The third-order valence-corrected chi connectivity index (χ3v) is 3.87. The summed E-state index contributed by atoms with van der Waals surface area (Å²) in [7, 11) is 3.81. The Labute approximate surface area is 150 Å². The van der Waals surface area contributed by atoms with Crippen LogP contribution in [-0.4, -0.2) is 42.6 Å². The Morgan fingerprint density at radius 2 is 1.83 bits per heavy atom. The Hall–Kier alpha value is -1.82. The van der Waals surface area contributed by atoms with Crippen LogP contribution in [0.2, 0.25) is 10.0 Å². The monoisotopic (exact) mass is 367 g/mol. The van der Waals surface area contributed by atoms with Gasteiger partial charge in [-0.1, -0.05) is 35.3 Å². The topological polar surface area (TPSA) is 54.3 Å². The molecule has 0 fully saturated rings. The van der Waals surface area contributed by atoms with Crippen molar-refractivity contribution >= 4 is 29.1 Å². The van der Waals surface area contributed by atoms with Crippen LogP contribution in [0.15, 0.2) is 41.3 Å². The zero-order valence-electron chi connectivity index (χ0n) is 13.6. The van der Waals surface area contributed by atoms with Gasteiger partial charge in [-0.25, -0.2) is 0 Å². The van der Waals surface area contributed by atoms with Gasteiger partial charge in [0.1, 0.15) is 5.56 Å². The summed E-state index contributed by atoms with van der Waals surface area (Å²) >= 11 is 11.9. The number of aromatic nitrogens is 1. The summed E-state index contributed by atoms with van der Waals surface area (Å²) in [6, 6.07) is 8.55. The van der Waals surface area contributed by atoms with Crippen LogP contribution in [0.4, 0.5) is 0 Å². The fourth-order valence-corrected chi connectivity index (χ4v) is 2.51. The van der Waals surface area contributed by atoms with Gasteiger partial charge in [-0.15, -0.1) is 0 Å². The number of carbonyl (C=O) groups is 1. The van der Waals surface area contributed by atoms with E-state index in [4.69, 9.17) is 23.2 Å². The molecule has 0 saturated heterocycles. The first-order valence-corrected chi connectivity index (χ1v) is 8.20. The molecule has 1 amide bonds. The number of pyridine rings is 1. The van der Waals surface area contributed by atoms with Crippen molar-refractivity contribution in [3.05, 3.63) is 68.1 Å². The van der Waals surface area contributed by atoms with Gasteiger partial charge in [0, 0.05) is 24.3 Å². The number of carbonyl (C=O) groups excluding carboxylic acids is 1. The van der Waals surface area contributed by atoms with E-state index in [2.05, 4.69) is 5.32 Å². The van der Waals surface area contributed by atoms with Gasteiger partial charge >= 0.3 is 0 Å². The van der Waals surface area contributed by atoms with Crippen LogP contribution in [0.25, 0.3) is 0 Å². The minimum atomic E-state index is -0.422. The summed E-state index contributed by atoms with van der Waals surface area (Å²) in [5, 5.41) is 3.68. The lowest BCUT2D eigenvalue weighted by Crippen LogP contribution is -2.36. The van der Waals surface area contributed by atoms with E-state index in [1.54, 1.807) is 12.1 Å². The van der Waals surface area contributed by atoms with Crippen molar-refractivity contribution < 1.29 is 4.79 Å². The second-order valence-electron chi connectivity index (χ2n) is 5.69. The van der Waals surface area contributed by atoms with E-state index < -0.39 is 5.91 Å². The standard InChI is InChI=1S/C17H19Cl2N3O2/c1-21(2)8-7-20-16(23)15-9-14(19)11-22(17(15)24)10-12-3-5-13(18)6-4-12/h3-6,9,11H,7-8,10H2,1-2H3,(H,20,23). The maximum Gasteiger partial charge on any atom is 0.263 e. The van der Waals surface area contributed by atoms with Crippen LogP contribution in [0.5, 0.6) is 0 Å². The Bertz CT molecular complexity index is 770. The number of halogens is 2. The average Bonchev–Trinajstić information content (AvgIpc) is 2.52. The number of nitrogens with one attached hydrogen (secondary N) is 1. The predicted octanol–water partition coefficient (Wildman–Crippen LogP) is 2.49. The summed E-state index contributed by atoms with van der Waals surface area (Å²) in [5.74, 6) is -0.422. The molecule has 1 N–H and O–H groups in total. The lowest BCUT2D eigenvalue weighted by Gasteiger charge is -2.12. The molecule has 0 saturated carbocycles. The van der Waals surface area contributed by atoms with E-state index in [0.717, 1.165) is 5.56 Å². The number of hydrogen-bond donors (Lipinski definition) is 1. The van der Waals surface area contributed by atoms with Gasteiger partial charge in [0.2, 0.25) is 0 Å². The van der Waals surface area contributed by atoms with Crippen molar-refractivity contribution in [3.63, 3.8) is 0 Å². The van der Waals surface area contributed by atoms with Gasteiger partial charge in [0.25, 0.3) is 11.5 Å². The number of amides is 1. The van der Waals surface area contributed by atoms with E-state index in [0.29, 0.717) is 29.7 Å². The summed E-state index contributed by atoms with van der Waals surface area (Å²) in [6.45, 7) is 1.45. The highest BCUT2D eigenvalue weighted by Crippen LogP contribution is 2.12. The van der Waals surface area contributed by atoms with Crippen molar-refractivity contribution in [1.29, 1.82) is 0 Å². The van der Waals surface area contributed by atoms with Gasteiger partial charge in [-0.05, 0) is 37.9 Å². The molecule has 0 spiro atoms. The highest BCUT2D eigenvalue weighted by molar-refractivity contribution is 6.31. The van der Waals surface area contributed by atoms with Crippen LogP contribution < -0.4 is 10.9 Å². The fourth-order valence-electron chi connectivity index (χ4n) is 2.15. The first-order chi connectivity index (χ1) is 11.4. The molecule has 5 nitrogen and oxygen atoms in total. The molecule has 7 heteroatoms. The van der Waals surface area contributed by atoms with Crippen LogP contribution in [-0.2, 0) is 6.54 Å². The van der Waals surface area contributed by atoms with Gasteiger partial charge in [0.05, 0.1) is 11.6 Å². The Morgan fingerprint density at radius 1 is 1.17 bits per heavy atom. The van der Waals surface area contributed by atoms with Gasteiger partial charge < -0.3 is 14.8 Å². The molecule has 0 unspecified atom stereocenters. The minimum absolute atomic E-state index is 0.0372.